The van der Waals surface area contributed by atoms with Crippen LogP contribution < -0.4 is 0 Å². The van der Waals surface area contributed by atoms with E-state index in [-0.39, 0.29) is 0 Å². The first-order chi connectivity index (χ1) is 11.1. The molecule has 0 aromatic rings. The van der Waals surface area contributed by atoms with Gasteiger partial charge in [-0.05, 0) is 6.42 Å². The lowest BCUT2D eigenvalue weighted by molar-refractivity contribution is -0.486. The van der Waals surface area contributed by atoms with Crippen molar-refractivity contribution >= 4 is 0 Å². The third-order valence-electron chi connectivity index (χ3n) is 2.89. The van der Waals surface area contributed by atoms with Crippen molar-refractivity contribution in [2.45, 2.75) is 55.2 Å². The maximum atomic E-state index is 13.9. The minimum atomic E-state index is -8.31. The Bertz CT molecular complexity index is 488. The van der Waals surface area contributed by atoms with Crippen LogP contribution in [0.2, 0.25) is 0 Å². The summed E-state index contributed by atoms with van der Waals surface area (Å²) in [4.78, 5) is 0. The van der Waals surface area contributed by atoms with Gasteiger partial charge >= 0.3 is 41.9 Å². The molecule has 0 heterocycles. The lowest BCUT2D eigenvalue weighted by atomic mass is 9.83. The quantitative estimate of drug-likeness (QED) is 0.490. The predicted molar refractivity (Wildman–Crippen MR) is 52.0 cm³/mol. The number of alkyl halides is 15. The Labute approximate surface area is 134 Å². The zero-order chi connectivity index (χ0) is 21.6. The van der Waals surface area contributed by atoms with E-state index in [9.17, 15) is 65.9 Å². The maximum Gasteiger partial charge on any atom is 0.460 e. The normalized spacial score (nSPS) is 19.8. The van der Waals surface area contributed by atoms with Crippen LogP contribution in [0.15, 0.2) is 0 Å². The Kier molecular flexibility index (Phi) is 6.24. The van der Waals surface area contributed by atoms with Crippen LogP contribution in [0.25, 0.3) is 0 Å². The summed E-state index contributed by atoms with van der Waals surface area (Å²) in [5, 5.41) is 0. The van der Waals surface area contributed by atoms with Crippen molar-refractivity contribution in [1.82, 2.24) is 0 Å². The van der Waals surface area contributed by atoms with E-state index >= 15 is 0 Å². The molecule has 0 fully saturated rings. The van der Waals surface area contributed by atoms with Gasteiger partial charge < -0.3 is 4.74 Å². The summed E-state index contributed by atoms with van der Waals surface area (Å²) >= 11 is 0. The van der Waals surface area contributed by atoms with Gasteiger partial charge in [-0.25, -0.2) is 4.39 Å². The van der Waals surface area contributed by atoms with Gasteiger partial charge in [0.15, 0.2) is 0 Å². The smallest absolute Gasteiger partial charge is 0.336 e. The highest BCUT2D eigenvalue weighted by Crippen LogP contribution is 2.64. The van der Waals surface area contributed by atoms with Gasteiger partial charge in [0.1, 0.15) is 0 Å². The van der Waals surface area contributed by atoms with Crippen molar-refractivity contribution < 1.29 is 70.6 Å². The van der Waals surface area contributed by atoms with Gasteiger partial charge in [-0.3, -0.25) is 0 Å². The van der Waals surface area contributed by atoms with Crippen molar-refractivity contribution in [3.8, 4) is 0 Å². The Morgan fingerprint density at radius 1 is 0.538 bits per heavy atom. The number of halogens is 15. The molecule has 0 rings (SSSR count). The molecule has 0 amide bonds. The molecule has 26 heavy (non-hydrogen) atoms. The minimum Gasteiger partial charge on any atom is -0.336 e. The molecule has 2 atom stereocenters. The maximum absolute atomic E-state index is 13.9. The van der Waals surface area contributed by atoms with Crippen molar-refractivity contribution in [3.05, 3.63) is 0 Å². The van der Waals surface area contributed by atoms with Gasteiger partial charge in [0.25, 0.3) is 0 Å². The van der Waals surface area contributed by atoms with Crippen molar-refractivity contribution in [2.24, 2.45) is 0 Å². The fourth-order valence-electron chi connectivity index (χ4n) is 1.58. The molecule has 0 saturated carbocycles. The standard InChI is InChI=1S/C10H7F15O/c1-2-3-26-7(16,10(23,24)25)4(11,8(17,18)19)5(12,13)6(14,15)9(20,21)22/h2-3H2,1H3. The Morgan fingerprint density at radius 2 is 0.923 bits per heavy atom. The van der Waals surface area contributed by atoms with Gasteiger partial charge in [-0.15, -0.1) is 0 Å². The molecule has 0 bridgehead atoms. The van der Waals surface area contributed by atoms with Crippen molar-refractivity contribution in [2.75, 3.05) is 6.61 Å². The molecule has 0 aliphatic rings. The van der Waals surface area contributed by atoms with Gasteiger partial charge in [0.2, 0.25) is 0 Å². The van der Waals surface area contributed by atoms with Crippen LogP contribution in [0.4, 0.5) is 65.9 Å². The van der Waals surface area contributed by atoms with Gasteiger partial charge in [-0.1, -0.05) is 6.92 Å². The topological polar surface area (TPSA) is 9.23 Å². The van der Waals surface area contributed by atoms with Crippen molar-refractivity contribution in [3.63, 3.8) is 0 Å². The molecule has 0 aromatic carbocycles. The van der Waals surface area contributed by atoms with E-state index in [1.807, 2.05) is 0 Å². The number of rotatable bonds is 6. The van der Waals surface area contributed by atoms with Crippen LogP contribution in [0.1, 0.15) is 13.3 Å². The SMILES string of the molecule is CCCOC(F)(C(F)(F)F)C(F)(C(F)(F)F)C(F)(F)C(F)(F)C(F)(F)F. The summed E-state index contributed by atoms with van der Waals surface area (Å²) in [6.45, 7) is -1.13. The van der Waals surface area contributed by atoms with Gasteiger partial charge in [-0.2, -0.15) is 61.5 Å². The molecule has 0 spiro atoms. The molecule has 0 N–H and O–H groups in total. The van der Waals surface area contributed by atoms with E-state index in [0.717, 1.165) is 6.92 Å². The first-order valence-corrected chi connectivity index (χ1v) is 6.03. The van der Waals surface area contributed by atoms with Crippen LogP contribution in [0.5, 0.6) is 0 Å². The monoisotopic (exact) mass is 428 g/mol. The van der Waals surface area contributed by atoms with Crippen LogP contribution >= 0.6 is 0 Å². The summed E-state index contributed by atoms with van der Waals surface area (Å²) in [6.07, 6.45) is -23.9. The fraction of sp³-hybridized carbons (Fsp3) is 1.00. The number of hydrogen-bond donors (Lipinski definition) is 0. The second-order valence-electron chi connectivity index (χ2n) is 4.74. The molecule has 2 unspecified atom stereocenters. The molecule has 1 nitrogen and oxygen atoms in total. The van der Waals surface area contributed by atoms with E-state index in [1.165, 1.54) is 0 Å². The highest BCUT2D eigenvalue weighted by molar-refractivity contribution is 5.17. The molecule has 0 radical (unpaired) electrons. The zero-order valence-corrected chi connectivity index (χ0v) is 12.0. The summed E-state index contributed by atoms with van der Waals surface area (Å²) in [5.41, 5.74) is -8.15. The number of ether oxygens (including phenoxy) is 1. The molecule has 0 aliphatic carbocycles. The van der Waals surface area contributed by atoms with E-state index in [2.05, 4.69) is 4.74 Å². The lowest BCUT2D eigenvalue weighted by Crippen LogP contribution is -2.78. The molecule has 0 saturated heterocycles. The van der Waals surface area contributed by atoms with Gasteiger partial charge in [0.05, 0.1) is 6.61 Å². The summed E-state index contributed by atoms with van der Waals surface area (Å²) < 4.78 is 194. The van der Waals surface area contributed by atoms with Crippen LogP contribution in [0, 0.1) is 0 Å². The molecule has 158 valence electrons. The first kappa shape index (κ1) is 24.9. The summed E-state index contributed by atoms with van der Waals surface area (Å²) in [6, 6.07) is 0. The number of hydrogen-bond acceptors (Lipinski definition) is 1. The summed E-state index contributed by atoms with van der Waals surface area (Å²) in [7, 11) is 0. The van der Waals surface area contributed by atoms with E-state index in [0.29, 0.717) is 0 Å². The highest BCUT2D eigenvalue weighted by atomic mass is 19.4. The third kappa shape index (κ3) is 3.28. The first-order valence-electron chi connectivity index (χ1n) is 6.03. The van der Waals surface area contributed by atoms with E-state index in [4.69, 9.17) is 0 Å². The molecule has 16 heteroatoms. The van der Waals surface area contributed by atoms with Crippen molar-refractivity contribution in [1.29, 1.82) is 0 Å². The van der Waals surface area contributed by atoms with Crippen LogP contribution in [-0.2, 0) is 4.74 Å². The Hall–Kier alpha value is -1.09. The largest absolute Gasteiger partial charge is 0.460 e. The third-order valence-corrected chi connectivity index (χ3v) is 2.89. The Morgan fingerprint density at radius 3 is 1.15 bits per heavy atom. The second-order valence-corrected chi connectivity index (χ2v) is 4.74. The zero-order valence-electron chi connectivity index (χ0n) is 12.0. The molecule has 0 aliphatic heterocycles. The average Bonchev–Trinajstić information content (AvgIpc) is 2.39. The van der Waals surface area contributed by atoms with E-state index in [1.54, 1.807) is 0 Å². The van der Waals surface area contributed by atoms with Gasteiger partial charge in [0, 0.05) is 0 Å². The predicted octanol–water partition coefficient (Wildman–Crippen LogP) is 5.74. The van der Waals surface area contributed by atoms with Crippen LogP contribution in [0.3, 0.4) is 0 Å². The average molecular weight is 428 g/mol. The fourth-order valence-corrected chi connectivity index (χ4v) is 1.58. The highest BCUT2D eigenvalue weighted by Gasteiger charge is 2.96. The van der Waals surface area contributed by atoms with E-state index < -0.39 is 54.9 Å². The molecular weight excluding hydrogens is 421 g/mol. The van der Waals surface area contributed by atoms with Crippen LogP contribution in [-0.4, -0.2) is 48.5 Å². The lowest BCUT2D eigenvalue weighted by Gasteiger charge is -2.45. The summed E-state index contributed by atoms with van der Waals surface area (Å²) in [5.74, 6) is -23.6. The second kappa shape index (κ2) is 6.51. The molecular formula is C10H7F15O. The Balaban J connectivity index is 7.01. The molecule has 0 aromatic heterocycles. The minimum absolute atomic E-state index is 0.757.